The van der Waals surface area contributed by atoms with E-state index >= 15 is 0 Å². The standard InChI is InChI=1S/C32H21F6N3O7/c33-31(34,35)20-8-4-6-18(16-20)29(45)47-25(26(28(43)44)48-30(46)19-7-5-9-21(17-19)32(36,37)38)27(42)39-22-12-14-24(15-13-22)41-40-23-10-2-1-3-11-23/h1-17,25-26H,(H,39,42)(H,43,44)/t25-,26-/m0/s1. The first kappa shape index (κ1) is 34.8. The average molecular weight is 674 g/mol. The van der Waals surface area contributed by atoms with Crippen LogP contribution in [-0.2, 0) is 31.4 Å². The van der Waals surface area contributed by atoms with Crippen LogP contribution in [-0.4, -0.2) is 41.1 Å². The minimum Gasteiger partial charge on any atom is -0.478 e. The number of carbonyl (C=O) groups excluding carboxylic acids is 3. The molecule has 0 bridgehead atoms. The van der Waals surface area contributed by atoms with Gasteiger partial charge in [-0.05, 0) is 72.8 Å². The van der Waals surface area contributed by atoms with Gasteiger partial charge in [0.1, 0.15) is 0 Å². The number of nitrogens with zero attached hydrogens (tertiary/aromatic N) is 2. The molecule has 0 spiro atoms. The molecule has 0 saturated carbocycles. The van der Waals surface area contributed by atoms with Gasteiger partial charge in [0, 0.05) is 5.69 Å². The Labute approximate surface area is 266 Å². The summed E-state index contributed by atoms with van der Waals surface area (Å²) < 4.78 is 89.1. The summed E-state index contributed by atoms with van der Waals surface area (Å²) >= 11 is 0. The Morgan fingerprint density at radius 2 is 1.06 bits per heavy atom. The Kier molecular flexibility index (Phi) is 10.6. The van der Waals surface area contributed by atoms with E-state index in [1.807, 2.05) is 0 Å². The summed E-state index contributed by atoms with van der Waals surface area (Å²) in [7, 11) is 0. The van der Waals surface area contributed by atoms with Crippen molar-refractivity contribution in [2.75, 3.05) is 5.32 Å². The Hall–Kier alpha value is -6.06. The second kappa shape index (κ2) is 14.6. The number of esters is 2. The van der Waals surface area contributed by atoms with Crippen LogP contribution in [0.2, 0.25) is 0 Å². The van der Waals surface area contributed by atoms with Gasteiger partial charge < -0.3 is 19.9 Å². The zero-order chi connectivity index (χ0) is 35.1. The van der Waals surface area contributed by atoms with Gasteiger partial charge in [-0.3, -0.25) is 4.79 Å². The molecule has 0 aromatic heterocycles. The number of carbonyl (C=O) groups is 4. The first-order valence-corrected chi connectivity index (χ1v) is 13.5. The van der Waals surface area contributed by atoms with Gasteiger partial charge in [-0.2, -0.15) is 36.6 Å². The number of aliphatic carboxylic acids is 1. The third-order valence-corrected chi connectivity index (χ3v) is 6.27. The van der Waals surface area contributed by atoms with E-state index in [2.05, 4.69) is 15.5 Å². The highest BCUT2D eigenvalue weighted by atomic mass is 19.4. The molecule has 10 nitrogen and oxygen atoms in total. The minimum atomic E-state index is -4.89. The van der Waals surface area contributed by atoms with E-state index in [-0.39, 0.29) is 5.69 Å². The molecule has 4 rings (SSSR count). The summed E-state index contributed by atoms with van der Waals surface area (Å²) in [5.41, 5.74) is -3.22. The van der Waals surface area contributed by atoms with Crippen LogP contribution in [0.4, 0.5) is 43.4 Å². The third kappa shape index (κ3) is 9.24. The van der Waals surface area contributed by atoms with Crippen LogP contribution in [0.3, 0.4) is 0 Å². The van der Waals surface area contributed by atoms with Crippen LogP contribution in [0, 0.1) is 0 Å². The van der Waals surface area contributed by atoms with Crippen molar-refractivity contribution in [3.05, 3.63) is 125 Å². The number of rotatable bonds is 10. The van der Waals surface area contributed by atoms with E-state index in [1.165, 1.54) is 24.3 Å². The maximum atomic E-state index is 13.3. The Morgan fingerprint density at radius 3 is 1.52 bits per heavy atom. The number of azo groups is 1. The fourth-order valence-corrected chi connectivity index (χ4v) is 3.94. The minimum absolute atomic E-state index is 0.0212. The number of hydrogen-bond acceptors (Lipinski definition) is 8. The predicted molar refractivity (Wildman–Crippen MR) is 155 cm³/mol. The molecule has 2 atom stereocenters. The number of carboxylic acid groups (broad SMARTS) is 1. The number of carboxylic acids is 1. The summed E-state index contributed by atoms with van der Waals surface area (Å²) in [6.07, 6.45) is -15.0. The molecule has 0 aliphatic heterocycles. The zero-order valence-electron chi connectivity index (χ0n) is 24.0. The molecule has 0 radical (unpaired) electrons. The van der Waals surface area contributed by atoms with Gasteiger partial charge in [-0.25, -0.2) is 14.4 Å². The highest BCUT2D eigenvalue weighted by Crippen LogP contribution is 2.31. The van der Waals surface area contributed by atoms with Gasteiger partial charge in [-0.1, -0.05) is 30.3 Å². The summed E-state index contributed by atoms with van der Waals surface area (Å²) in [4.78, 5) is 51.2. The fraction of sp³-hybridized carbons (Fsp3) is 0.125. The van der Waals surface area contributed by atoms with Gasteiger partial charge in [-0.15, -0.1) is 0 Å². The molecule has 0 heterocycles. The van der Waals surface area contributed by atoms with Crippen molar-refractivity contribution in [1.82, 2.24) is 0 Å². The van der Waals surface area contributed by atoms with Crippen LogP contribution in [0.25, 0.3) is 0 Å². The van der Waals surface area contributed by atoms with E-state index in [1.54, 1.807) is 30.3 Å². The summed E-state index contributed by atoms with van der Waals surface area (Å²) in [5, 5.41) is 20.1. The molecule has 1 amide bonds. The summed E-state index contributed by atoms with van der Waals surface area (Å²) in [6.45, 7) is 0. The normalized spacial score (nSPS) is 13.0. The van der Waals surface area contributed by atoms with Crippen LogP contribution in [0.15, 0.2) is 113 Å². The van der Waals surface area contributed by atoms with Crippen LogP contribution in [0.1, 0.15) is 31.8 Å². The maximum absolute atomic E-state index is 13.3. The van der Waals surface area contributed by atoms with Crippen molar-refractivity contribution >= 4 is 40.9 Å². The lowest BCUT2D eigenvalue weighted by Gasteiger charge is -2.24. The van der Waals surface area contributed by atoms with Crippen molar-refractivity contribution < 1.29 is 60.1 Å². The molecule has 0 fully saturated rings. The number of benzene rings is 4. The second-order valence-electron chi connectivity index (χ2n) is 9.72. The lowest BCUT2D eigenvalue weighted by Crippen LogP contribution is -2.48. The molecule has 0 unspecified atom stereocenters. The number of alkyl halides is 6. The average Bonchev–Trinajstić information content (AvgIpc) is 3.05. The van der Waals surface area contributed by atoms with Crippen molar-refractivity contribution in [1.29, 1.82) is 0 Å². The molecule has 0 saturated heterocycles. The second-order valence-corrected chi connectivity index (χ2v) is 9.72. The molecule has 16 heteroatoms. The zero-order valence-corrected chi connectivity index (χ0v) is 24.0. The highest BCUT2D eigenvalue weighted by molar-refractivity contribution is 6.01. The Morgan fingerprint density at radius 1 is 0.604 bits per heavy atom. The van der Waals surface area contributed by atoms with Gasteiger partial charge in [0.15, 0.2) is 0 Å². The fourth-order valence-electron chi connectivity index (χ4n) is 3.94. The quantitative estimate of drug-likeness (QED) is 0.100. The van der Waals surface area contributed by atoms with Crippen LogP contribution in [0.5, 0.6) is 0 Å². The smallest absolute Gasteiger partial charge is 0.416 e. The van der Waals surface area contributed by atoms with Gasteiger partial charge >= 0.3 is 30.3 Å². The largest absolute Gasteiger partial charge is 0.478 e. The molecule has 48 heavy (non-hydrogen) atoms. The van der Waals surface area contributed by atoms with Crippen molar-refractivity contribution in [2.24, 2.45) is 10.2 Å². The number of nitrogens with one attached hydrogen (secondary N) is 1. The number of ether oxygens (including phenoxy) is 2. The topological polar surface area (TPSA) is 144 Å². The van der Waals surface area contributed by atoms with Gasteiger partial charge in [0.25, 0.3) is 5.91 Å². The number of anilines is 1. The molecule has 0 aliphatic carbocycles. The van der Waals surface area contributed by atoms with E-state index in [0.717, 1.165) is 24.3 Å². The first-order chi connectivity index (χ1) is 22.6. The van der Waals surface area contributed by atoms with Crippen molar-refractivity contribution in [3.8, 4) is 0 Å². The summed E-state index contributed by atoms with van der Waals surface area (Å²) in [6, 6.07) is 19.5. The van der Waals surface area contributed by atoms with Gasteiger partial charge in [0.05, 0.1) is 33.6 Å². The molecular formula is C32H21F6N3O7. The number of halogens is 6. The lowest BCUT2D eigenvalue weighted by molar-refractivity contribution is -0.157. The Balaban J connectivity index is 1.62. The molecule has 248 valence electrons. The number of amides is 1. The third-order valence-electron chi connectivity index (χ3n) is 6.27. The van der Waals surface area contributed by atoms with Crippen LogP contribution >= 0.6 is 0 Å². The molecular weight excluding hydrogens is 652 g/mol. The molecule has 0 aliphatic rings. The summed E-state index contributed by atoms with van der Waals surface area (Å²) in [5.74, 6) is -6.75. The highest BCUT2D eigenvalue weighted by Gasteiger charge is 2.42. The van der Waals surface area contributed by atoms with E-state index < -0.39 is 70.6 Å². The van der Waals surface area contributed by atoms with Gasteiger partial charge in [0.2, 0.25) is 12.2 Å². The van der Waals surface area contributed by atoms with E-state index in [4.69, 9.17) is 9.47 Å². The van der Waals surface area contributed by atoms with Crippen molar-refractivity contribution in [2.45, 2.75) is 24.6 Å². The predicted octanol–water partition coefficient (Wildman–Crippen LogP) is 7.61. The maximum Gasteiger partial charge on any atom is 0.416 e. The first-order valence-electron chi connectivity index (χ1n) is 13.5. The molecule has 4 aromatic rings. The monoisotopic (exact) mass is 673 g/mol. The Bertz CT molecular complexity index is 1830. The van der Waals surface area contributed by atoms with Crippen LogP contribution < -0.4 is 5.32 Å². The molecule has 4 aromatic carbocycles. The van der Waals surface area contributed by atoms with E-state index in [9.17, 15) is 50.6 Å². The molecule has 2 N–H and O–H groups in total. The van der Waals surface area contributed by atoms with E-state index in [0.29, 0.717) is 35.6 Å². The lowest BCUT2D eigenvalue weighted by atomic mass is 10.1. The SMILES string of the molecule is O=C(O[C@H](C(=O)O)[C@H](OC(=O)c1cccc(C(F)(F)F)c1)C(=O)Nc1ccc(N=Nc2ccccc2)cc1)c1cccc(C(F)(F)F)c1. The van der Waals surface area contributed by atoms with Crippen molar-refractivity contribution in [3.63, 3.8) is 0 Å². The number of hydrogen-bond donors (Lipinski definition) is 2.